The van der Waals surface area contributed by atoms with Crippen molar-refractivity contribution < 1.29 is 4.74 Å². The smallest absolute Gasteiger partial charge is 0.131 e. The highest BCUT2D eigenvalue weighted by atomic mass is 79.9. The van der Waals surface area contributed by atoms with E-state index in [0.717, 1.165) is 15.9 Å². The van der Waals surface area contributed by atoms with Gasteiger partial charge >= 0.3 is 0 Å². The van der Waals surface area contributed by atoms with Crippen LogP contribution in [0.25, 0.3) is 0 Å². The summed E-state index contributed by atoms with van der Waals surface area (Å²) in [5, 5.41) is 1.98. The number of thiazole rings is 1. The van der Waals surface area contributed by atoms with E-state index >= 15 is 0 Å². The van der Waals surface area contributed by atoms with Gasteiger partial charge in [-0.05, 0) is 24.3 Å². The SMILES string of the molecule is Brc1ccc(OCc2cscn2)cc1. The number of halogens is 1. The molecule has 0 saturated heterocycles. The summed E-state index contributed by atoms with van der Waals surface area (Å²) in [4.78, 5) is 4.13. The van der Waals surface area contributed by atoms with Crippen molar-refractivity contribution in [2.45, 2.75) is 6.61 Å². The summed E-state index contributed by atoms with van der Waals surface area (Å²) in [5.74, 6) is 0.862. The molecule has 0 amide bonds. The molecule has 1 aromatic carbocycles. The highest BCUT2D eigenvalue weighted by molar-refractivity contribution is 9.10. The van der Waals surface area contributed by atoms with Crippen LogP contribution in [0.3, 0.4) is 0 Å². The lowest BCUT2D eigenvalue weighted by Crippen LogP contribution is -1.94. The summed E-state index contributed by atoms with van der Waals surface area (Å²) in [6.45, 7) is 0.533. The van der Waals surface area contributed by atoms with Gasteiger partial charge in [0.15, 0.2) is 0 Å². The number of hydrogen-bond donors (Lipinski definition) is 0. The average Bonchev–Trinajstić information content (AvgIpc) is 2.70. The second kappa shape index (κ2) is 4.57. The molecule has 2 rings (SSSR count). The van der Waals surface area contributed by atoms with Crippen molar-refractivity contribution in [3.8, 4) is 5.75 Å². The Kier molecular flexibility index (Phi) is 3.16. The molecule has 0 saturated carbocycles. The van der Waals surface area contributed by atoms with Crippen LogP contribution in [0.1, 0.15) is 5.69 Å². The molecule has 0 atom stereocenters. The Morgan fingerprint density at radius 2 is 2.07 bits per heavy atom. The van der Waals surface area contributed by atoms with Crippen LogP contribution in [0.5, 0.6) is 5.75 Å². The molecule has 0 fully saturated rings. The maximum atomic E-state index is 5.53. The molecule has 2 nitrogen and oxygen atoms in total. The van der Waals surface area contributed by atoms with Crippen molar-refractivity contribution >= 4 is 27.3 Å². The lowest BCUT2D eigenvalue weighted by molar-refractivity contribution is 0.302. The molecule has 1 aromatic heterocycles. The van der Waals surface area contributed by atoms with Gasteiger partial charge in [-0.3, -0.25) is 0 Å². The molecule has 0 aliphatic heterocycles. The van der Waals surface area contributed by atoms with E-state index in [-0.39, 0.29) is 0 Å². The van der Waals surface area contributed by atoms with E-state index in [4.69, 9.17) is 4.74 Å². The van der Waals surface area contributed by atoms with Crippen molar-refractivity contribution in [3.05, 3.63) is 45.3 Å². The Morgan fingerprint density at radius 1 is 1.29 bits per heavy atom. The first-order chi connectivity index (χ1) is 6.84. The quantitative estimate of drug-likeness (QED) is 0.851. The summed E-state index contributed by atoms with van der Waals surface area (Å²) in [6.07, 6.45) is 0. The second-order valence-corrected chi connectivity index (χ2v) is 4.36. The van der Waals surface area contributed by atoms with Crippen LogP contribution in [0.2, 0.25) is 0 Å². The Balaban J connectivity index is 1.95. The predicted molar refractivity (Wildman–Crippen MR) is 60.6 cm³/mol. The van der Waals surface area contributed by atoms with Gasteiger partial charge in [-0.2, -0.15) is 0 Å². The molecule has 1 heterocycles. The molecule has 0 N–H and O–H groups in total. The largest absolute Gasteiger partial charge is 0.487 e. The van der Waals surface area contributed by atoms with Crippen LogP contribution in [0.15, 0.2) is 39.6 Å². The van der Waals surface area contributed by atoms with E-state index in [9.17, 15) is 0 Å². The molecule has 2 aromatic rings. The van der Waals surface area contributed by atoms with E-state index in [2.05, 4.69) is 20.9 Å². The van der Waals surface area contributed by atoms with Crippen LogP contribution in [-0.4, -0.2) is 4.98 Å². The Morgan fingerprint density at radius 3 is 2.71 bits per heavy atom. The first kappa shape index (κ1) is 9.68. The van der Waals surface area contributed by atoms with Crippen LogP contribution in [0, 0.1) is 0 Å². The van der Waals surface area contributed by atoms with Crippen LogP contribution < -0.4 is 4.74 Å². The van der Waals surface area contributed by atoms with Crippen molar-refractivity contribution in [2.24, 2.45) is 0 Å². The fraction of sp³-hybridized carbons (Fsp3) is 0.100. The molecule has 14 heavy (non-hydrogen) atoms. The zero-order valence-electron chi connectivity index (χ0n) is 7.31. The summed E-state index contributed by atoms with van der Waals surface area (Å²) >= 11 is 4.95. The minimum absolute atomic E-state index is 0.533. The van der Waals surface area contributed by atoms with Gasteiger partial charge in [0.25, 0.3) is 0 Å². The Hall–Kier alpha value is -0.870. The van der Waals surface area contributed by atoms with Crippen LogP contribution >= 0.6 is 27.3 Å². The third-order valence-corrected chi connectivity index (χ3v) is 2.85. The lowest BCUT2D eigenvalue weighted by atomic mass is 10.3. The zero-order chi connectivity index (χ0) is 9.80. The molecule has 72 valence electrons. The third kappa shape index (κ3) is 2.56. The van der Waals surface area contributed by atoms with Crippen molar-refractivity contribution in [3.63, 3.8) is 0 Å². The van der Waals surface area contributed by atoms with Gasteiger partial charge in [0, 0.05) is 9.85 Å². The molecule has 0 bridgehead atoms. The number of hydrogen-bond acceptors (Lipinski definition) is 3. The molecule has 0 radical (unpaired) electrons. The Labute approximate surface area is 94.7 Å². The van der Waals surface area contributed by atoms with Crippen LogP contribution in [-0.2, 0) is 6.61 Å². The second-order valence-electron chi connectivity index (χ2n) is 2.72. The van der Waals surface area contributed by atoms with Gasteiger partial charge in [-0.1, -0.05) is 15.9 Å². The maximum absolute atomic E-state index is 5.53. The maximum Gasteiger partial charge on any atom is 0.131 e. The molecule has 0 aliphatic rings. The number of rotatable bonds is 3. The lowest BCUT2D eigenvalue weighted by Gasteiger charge is -2.03. The summed E-state index contributed by atoms with van der Waals surface area (Å²) in [6, 6.07) is 7.76. The van der Waals surface area contributed by atoms with E-state index in [1.165, 1.54) is 0 Å². The van der Waals surface area contributed by atoms with E-state index < -0.39 is 0 Å². The monoisotopic (exact) mass is 269 g/mol. The van der Waals surface area contributed by atoms with Gasteiger partial charge < -0.3 is 4.74 Å². The molecule has 0 aliphatic carbocycles. The van der Waals surface area contributed by atoms with Gasteiger partial charge in [0.05, 0.1) is 11.2 Å². The predicted octanol–water partition coefficient (Wildman–Crippen LogP) is 3.48. The molecular formula is C10H8BrNOS. The number of ether oxygens (including phenoxy) is 1. The molecular weight excluding hydrogens is 262 g/mol. The van der Waals surface area contributed by atoms with Gasteiger partial charge in [0.1, 0.15) is 12.4 Å². The van der Waals surface area contributed by atoms with E-state index in [0.29, 0.717) is 6.61 Å². The normalized spacial score (nSPS) is 10.1. The van der Waals surface area contributed by atoms with Gasteiger partial charge in [-0.15, -0.1) is 11.3 Å². The minimum atomic E-state index is 0.533. The number of nitrogens with zero attached hydrogens (tertiary/aromatic N) is 1. The molecule has 4 heteroatoms. The topological polar surface area (TPSA) is 22.1 Å². The highest BCUT2D eigenvalue weighted by Gasteiger charge is 1.96. The fourth-order valence-electron chi connectivity index (χ4n) is 0.997. The van der Waals surface area contributed by atoms with E-state index in [1.54, 1.807) is 16.8 Å². The summed E-state index contributed by atoms with van der Waals surface area (Å²) < 4.78 is 6.58. The van der Waals surface area contributed by atoms with E-state index in [1.807, 2.05) is 29.6 Å². The highest BCUT2D eigenvalue weighted by Crippen LogP contribution is 2.17. The number of benzene rings is 1. The van der Waals surface area contributed by atoms with Crippen molar-refractivity contribution in [2.75, 3.05) is 0 Å². The number of aromatic nitrogens is 1. The van der Waals surface area contributed by atoms with Gasteiger partial charge in [-0.25, -0.2) is 4.98 Å². The van der Waals surface area contributed by atoms with Crippen LogP contribution in [0.4, 0.5) is 0 Å². The molecule has 0 spiro atoms. The minimum Gasteiger partial charge on any atom is -0.487 e. The van der Waals surface area contributed by atoms with Crippen molar-refractivity contribution in [1.29, 1.82) is 0 Å². The zero-order valence-corrected chi connectivity index (χ0v) is 9.72. The standard InChI is InChI=1S/C10H8BrNOS/c11-8-1-3-10(4-2-8)13-5-9-6-14-7-12-9/h1-4,6-7H,5H2. The first-order valence-corrected chi connectivity index (χ1v) is 5.83. The Bertz CT molecular complexity index is 385. The summed E-state index contributed by atoms with van der Waals surface area (Å²) in [5.41, 5.74) is 2.78. The van der Waals surface area contributed by atoms with Crippen molar-refractivity contribution in [1.82, 2.24) is 4.98 Å². The molecule has 0 unspecified atom stereocenters. The first-order valence-electron chi connectivity index (χ1n) is 4.10. The van der Waals surface area contributed by atoms with Gasteiger partial charge in [0.2, 0.25) is 0 Å². The fourth-order valence-corrected chi connectivity index (χ4v) is 1.80. The average molecular weight is 270 g/mol. The third-order valence-electron chi connectivity index (χ3n) is 1.68. The summed E-state index contributed by atoms with van der Waals surface area (Å²) in [7, 11) is 0.